The fourth-order valence-electron chi connectivity index (χ4n) is 5.07. The number of hydrogen-bond donors (Lipinski definition) is 0. The number of likely N-dealkylation sites (tertiary alicyclic amines) is 1. The lowest BCUT2D eigenvalue weighted by molar-refractivity contribution is -0.129. The zero-order valence-electron chi connectivity index (χ0n) is 16.3. The van der Waals surface area contributed by atoms with Crippen molar-refractivity contribution in [3.8, 4) is 5.69 Å². The number of aromatic nitrogens is 2. The van der Waals surface area contributed by atoms with E-state index in [9.17, 15) is 9.59 Å². The van der Waals surface area contributed by atoms with Crippen LogP contribution in [0.15, 0.2) is 30.3 Å². The Morgan fingerprint density at radius 1 is 1.07 bits per heavy atom. The van der Waals surface area contributed by atoms with Crippen molar-refractivity contribution in [2.24, 2.45) is 5.92 Å². The van der Waals surface area contributed by atoms with E-state index >= 15 is 0 Å². The molecule has 4 rings (SSSR count). The van der Waals surface area contributed by atoms with Gasteiger partial charge in [0, 0.05) is 12.1 Å². The lowest BCUT2D eigenvalue weighted by atomic mass is 9.85. The van der Waals surface area contributed by atoms with Gasteiger partial charge in [0.15, 0.2) is 0 Å². The van der Waals surface area contributed by atoms with E-state index in [0.717, 1.165) is 30.6 Å². The van der Waals surface area contributed by atoms with Crippen LogP contribution in [0.4, 0.5) is 0 Å². The Morgan fingerprint density at radius 3 is 2.52 bits per heavy atom. The molecule has 3 atom stereocenters. The van der Waals surface area contributed by atoms with E-state index in [4.69, 9.17) is 0 Å². The second-order valence-corrected chi connectivity index (χ2v) is 8.03. The van der Waals surface area contributed by atoms with E-state index in [1.165, 1.54) is 12.8 Å². The van der Waals surface area contributed by atoms with Crippen LogP contribution in [0.25, 0.3) is 5.69 Å². The van der Waals surface area contributed by atoms with Crippen molar-refractivity contribution in [1.82, 2.24) is 14.7 Å². The molecule has 1 saturated heterocycles. The average molecular weight is 365 g/mol. The molecule has 2 aliphatic rings. The van der Waals surface area contributed by atoms with Crippen molar-refractivity contribution in [1.29, 1.82) is 0 Å². The Labute approximate surface area is 160 Å². The summed E-state index contributed by atoms with van der Waals surface area (Å²) < 4.78 is 1.76. The number of hydrogen-bond acceptors (Lipinski definition) is 3. The molecule has 0 radical (unpaired) electrons. The first-order valence-electron chi connectivity index (χ1n) is 9.97. The molecule has 1 aliphatic carbocycles. The minimum absolute atomic E-state index is 0.138. The number of fused-ring (bicyclic) bond motifs is 1. The van der Waals surface area contributed by atoms with Crippen LogP contribution in [0, 0.1) is 19.8 Å². The van der Waals surface area contributed by atoms with Gasteiger partial charge in [0.25, 0.3) is 11.7 Å². The second-order valence-electron chi connectivity index (χ2n) is 8.03. The molecule has 1 aromatic heterocycles. The Morgan fingerprint density at radius 2 is 1.78 bits per heavy atom. The zero-order valence-corrected chi connectivity index (χ0v) is 16.3. The Bertz CT molecular complexity index is 871. The number of nitrogens with zero attached hydrogens (tertiary/aromatic N) is 3. The third-order valence-corrected chi connectivity index (χ3v) is 6.29. The number of ketones is 1. The maximum atomic E-state index is 13.2. The SMILES string of the molecule is Cc1nn(-c2ccccc2)c(C)c1C(=O)C(=O)N1C(C)CC2CCCCC21. The maximum absolute atomic E-state index is 13.2. The third-order valence-electron chi connectivity index (χ3n) is 6.29. The number of amides is 1. The van der Waals surface area contributed by atoms with Crippen LogP contribution in [0.1, 0.15) is 60.8 Å². The number of benzene rings is 1. The van der Waals surface area contributed by atoms with Gasteiger partial charge in [0.1, 0.15) is 0 Å². The summed E-state index contributed by atoms with van der Waals surface area (Å²) in [6, 6.07) is 10.1. The molecule has 0 bridgehead atoms. The molecule has 5 heteroatoms. The number of rotatable bonds is 3. The maximum Gasteiger partial charge on any atom is 0.295 e. The van der Waals surface area contributed by atoms with Gasteiger partial charge in [-0.05, 0) is 58.1 Å². The molecular weight excluding hydrogens is 338 g/mol. The summed E-state index contributed by atoms with van der Waals surface area (Å²) in [5.41, 5.74) is 2.69. The predicted octanol–water partition coefficient (Wildman–Crippen LogP) is 3.85. The van der Waals surface area contributed by atoms with Crippen LogP contribution in [-0.2, 0) is 4.79 Å². The van der Waals surface area contributed by atoms with Gasteiger partial charge in [-0.1, -0.05) is 31.0 Å². The highest BCUT2D eigenvalue weighted by molar-refractivity contribution is 6.43. The first kappa shape index (κ1) is 18.0. The molecule has 1 aromatic carbocycles. The van der Waals surface area contributed by atoms with Crippen molar-refractivity contribution >= 4 is 11.7 Å². The topological polar surface area (TPSA) is 55.2 Å². The van der Waals surface area contributed by atoms with E-state index in [2.05, 4.69) is 12.0 Å². The molecule has 1 aliphatic heterocycles. The van der Waals surface area contributed by atoms with Gasteiger partial charge in [-0.25, -0.2) is 4.68 Å². The lowest BCUT2D eigenvalue weighted by Gasteiger charge is -2.32. The van der Waals surface area contributed by atoms with Gasteiger partial charge >= 0.3 is 0 Å². The molecule has 0 N–H and O–H groups in total. The van der Waals surface area contributed by atoms with Crippen LogP contribution in [0.2, 0.25) is 0 Å². The van der Waals surface area contributed by atoms with E-state index in [-0.39, 0.29) is 18.0 Å². The summed E-state index contributed by atoms with van der Waals surface area (Å²) >= 11 is 0. The van der Waals surface area contributed by atoms with Crippen molar-refractivity contribution in [2.45, 2.75) is 65.0 Å². The molecule has 27 heavy (non-hydrogen) atoms. The number of carbonyl (C=O) groups excluding carboxylic acids is 2. The average Bonchev–Trinajstić information content (AvgIpc) is 3.16. The minimum Gasteiger partial charge on any atom is -0.330 e. The molecule has 2 aromatic rings. The predicted molar refractivity (Wildman–Crippen MR) is 104 cm³/mol. The van der Waals surface area contributed by atoms with Crippen LogP contribution >= 0.6 is 0 Å². The van der Waals surface area contributed by atoms with Gasteiger partial charge in [-0.3, -0.25) is 9.59 Å². The Balaban J connectivity index is 1.65. The zero-order chi connectivity index (χ0) is 19.1. The summed E-state index contributed by atoms with van der Waals surface area (Å²) in [5.74, 6) is -0.208. The highest BCUT2D eigenvalue weighted by Gasteiger charge is 2.44. The van der Waals surface area contributed by atoms with Gasteiger partial charge in [-0.2, -0.15) is 5.10 Å². The van der Waals surface area contributed by atoms with Crippen molar-refractivity contribution < 1.29 is 9.59 Å². The van der Waals surface area contributed by atoms with E-state index in [1.807, 2.05) is 49.1 Å². The standard InChI is InChI=1S/C22H27N3O2/c1-14-13-17-9-7-8-12-19(17)24(14)22(27)21(26)20-15(2)23-25(16(20)3)18-10-5-4-6-11-18/h4-6,10-11,14,17,19H,7-9,12-13H2,1-3H3. The molecule has 142 valence electrons. The molecule has 2 fully saturated rings. The van der Waals surface area contributed by atoms with Crippen LogP contribution < -0.4 is 0 Å². The third kappa shape index (κ3) is 2.99. The second kappa shape index (κ2) is 6.95. The Kier molecular flexibility index (Phi) is 4.62. The van der Waals surface area contributed by atoms with Gasteiger partial charge in [0.2, 0.25) is 0 Å². The van der Waals surface area contributed by atoms with Gasteiger partial charge in [-0.15, -0.1) is 0 Å². The molecule has 2 heterocycles. The summed E-state index contributed by atoms with van der Waals surface area (Å²) in [6.45, 7) is 5.75. The van der Waals surface area contributed by atoms with E-state index in [1.54, 1.807) is 4.68 Å². The Hall–Kier alpha value is -2.43. The van der Waals surface area contributed by atoms with E-state index < -0.39 is 5.78 Å². The number of para-hydroxylation sites is 1. The molecule has 1 saturated carbocycles. The molecular formula is C22H27N3O2. The summed E-state index contributed by atoms with van der Waals surface area (Å²) in [4.78, 5) is 28.3. The smallest absolute Gasteiger partial charge is 0.295 e. The fourth-order valence-corrected chi connectivity index (χ4v) is 5.07. The summed E-state index contributed by atoms with van der Waals surface area (Å²) in [5, 5.41) is 4.54. The van der Waals surface area contributed by atoms with Crippen LogP contribution in [0.3, 0.4) is 0 Å². The molecule has 0 spiro atoms. The van der Waals surface area contributed by atoms with Gasteiger partial charge in [0.05, 0.1) is 22.6 Å². The number of carbonyl (C=O) groups is 2. The minimum atomic E-state index is -0.412. The van der Waals surface area contributed by atoms with Crippen LogP contribution in [0.5, 0.6) is 0 Å². The molecule has 3 unspecified atom stereocenters. The molecule has 5 nitrogen and oxygen atoms in total. The summed E-state index contributed by atoms with van der Waals surface area (Å²) in [6.07, 6.45) is 5.61. The van der Waals surface area contributed by atoms with Crippen molar-refractivity contribution in [2.75, 3.05) is 0 Å². The molecule has 1 amide bonds. The normalized spacial score (nSPS) is 24.7. The highest BCUT2D eigenvalue weighted by Crippen LogP contribution is 2.40. The van der Waals surface area contributed by atoms with E-state index in [0.29, 0.717) is 17.2 Å². The fraction of sp³-hybridized carbons (Fsp3) is 0.500. The first-order chi connectivity index (χ1) is 13.0. The number of Topliss-reactive ketones (excluding diaryl/α,β-unsaturated/α-hetero) is 1. The number of aryl methyl sites for hydroxylation is 1. The van der Waals surface area contributed by atoms with Crippen molar-refractivity contribution in [3.63, 3.8) is 0 Å². The summed E-state index contributed by atoms with van der Waals surface area (Å²) in [7, 11) is 0. The van der Waals surface area contributed by atoms with Gasteiger partial charge < -0.3 is 4.90 Å². The largest absolute Gasteiger partial charge is 0.330 e. The monoisotopic (exact) mass is 365 g/mol. The lowest BCUT2D eigenvalue weighted by Crippen LogP contribution is -2.45. The van der Waals surface area contributed by atoms with Crippen molar-refractivity contribution in [3.05, 3.63) is 47.3 Å². The quantitative estimate of drug-likeness (QED) is 0.613. The highest BCUT2D eigenvalue weighted by atomic mass is 16.2. The van der Waals surface area contributed by atoms with Crippen LogP contribution in [-0.4, -0.2) is 38.5 Å². The first-order valence-corrected chi connectivity index (χ1v) is 9.97.